The van der Waals surface area contributed by atoms with Crippen molar-refractivity contribution in [3.8, 4) is 6.07 Å². The Labute approximate surface area is 94.0 Å². The van der Waals surface area contributed by atoms with Crippen LogP contribution < -0.4 is 0 Å². The van der Waals surface area contributed by atoms with Gasteiger partial charge in [-0.3, -0.25) is 4.90 Å². The Morgan fingerprint density at radius 2 is 2.44 bits per heavy atom. The Kier molecular flexibility index (Phi) is 3.50. The molecule has 0 radical (unpaired) electrons. The molecule has 0 aliphatic carbocycles. The fourth-order valence-corrected chi connectivity index (χ4v) is 1.82. The summed E-state index contributed by atoms with van der Waals surface area (Å²) in [5, 5.41) is 8.95. The zero-order valence-corrected chi connectivity index (χ0v) is 8.90. The summed E-state index contributed by atoms with van der Waals surface area (Å²) in [6, 6.07) is 8.45. The van der Waals surface area contributed by atoms with Crippen LogP contribution >= 0.6 is 0 Å². The van der Waals surface area contributed by atoms with Gasteiger partial charge < -0.3 is 4.74 Å². The van der Waals surface area contributed by atoms with Gasteiger partial charge in [0.25, 0.3) is 0 Å². The molecule has 0 amide bonds. The first-order chi connectivity index (χ1) is 7.79. The standard InChI is InChI=1S/C12H13FN2O/c13-11-3-1-2-10(6-11)8-15-4-5-16-9-12(15)7-14/h1-3,6,12H,4-5,8-9H2. The summed E-state index contributed by atoms with van der Waals surface area (Å²) in [5.74, 6) is -0.237. The van der Waals surface area contributed by atoms with Gasteiger partial charge in [-0.15, -0.1) is 0 Å². The lowest BCUT2D eigenvalue weighted by atomic mass is 10.1. The molecule has 84 valence electrons. The van der Waals surface area contributed by atoms with Crippen molar-refractivity contribution in [1.82, 2.24) is 4.90 Å². The quantitative estimate of drug-likeness (QED) is 0.758. The van der Waals surface area contributed by atoms with Crippen molar-refractivity contribution in [2.75, 3.05) is 19.8 Å². The lowest BCUT2D eigenvalue weighted by molar-refractivity contribution is 0.00886. The number of morpholine rings is 1. The van der Waals surface area contributed by atoms with E-state index in [2.05, 4.69) is 6.07 Å². The third-order valence-electron chi connectivity index (χ3n) is 2.66. The van der Waals surface area contributed by atoms with Crippen molar-refractivity contribution in [3.63, 3.8) is 0 Å². The first-order valence-corrected chi connectivity index (χ1v) is 5.25. The predicted octanol–water partition coefficient (Wildman–Crippen LogP) is 1.55. The largest absolute Gasteiger partial charge is 0.377 e. The van der Waals surface area contributed by atoms with E-state index in [4.69, 9.17) is 10.00 Å². The summed E-state index contributed by atoms with van der Waals surface area (Å²) in [7, 11) is 0. The van der Waals surface area contributed by atoms with E-state index >= 15 is 0 Å². The molecule has 1 aliphatic heterocycles. The van der Waals surface area contributed by atoms with E-state index < -0.39 is 0 Å². The summed E-state index contributed by atoms with van der Waals surface area (Å²) >= 11 is 0. The van der Waals surface area contributed by atoms with Gasteiger partial charge in [-0.2, -0.15) is 5.26 Å². The second kappa shape index (κ2) is 5.06. The number of halogens is 1. The maximum absolute atomic E-state index is 13.0. The van der Waals surface area contributed by atoms with E-state index in [1.54, 1.807) is 6.07 Å². The van der Waals surface area contributed by atoms with Crippen LogP contribution in [0.1, 0.15) is 5.56 Å². The van der Waals surface area contributed by atoms with Crippen molar-refractivity contribution in [2.24, 2.45) is 0 Å². The topological polar surface area (TPSA) is 36.3 Å². The van der Waals surface area contributed by atoms with Gasteiger partial charge in [0.05, 0.1) is 19.3 Å². The van der Waals surface area contributed by atoms with Crippen LogP contribution in [0.4, 0.5) is 4.39 Å². The van der Waals surface area contributed by atoms with Gasteiger partial charge in [-0.1, -0.05) is 12.1 Å². The molecule has 1 saturated heterocycles. The van der Waals surface area contributed by atoms with Crippen LogP contribution in [0.2, 0.25) is 0 Å². The van der Waals surface area contributed by atoms with Crippen molar-refractivity contribution in [2.45, 2.75) is 12.6 Å². The van der Waals surface area contributed by atoms with Crippen LogP contribution in [0.3, 0.4) is 0 Å². The molecule has 1 heterocycles. The van der Waals surface area contributed by atoms with Gasteiger partial charge in [0.2, 0.25) is 0 Å². The molecular weight excluding hydrogens is 207 g/mol. The number of hydrogen-bond acceptors (Lipinski definition) is 3. The average molecular weight is 220 g/mol. The van der Waals surface area contributed by atoms with Crippen molar-refractivity contribution >= 4 is 0 Å². The first kappa shape index (κ1) is 11.1. The molecule has 0 bridgehead atoms. The first-order valence-electron chi connectivity index (χ1n) is 5.25. The zero-order chi connectivity index (χ0) is 11.4. The van der Waals surface area contributed by atoms with Gasteiger partial charge in [0.1, 0.15) is 11.9 Å². The molecule has 0 saturated carbocycles. The number of rotatable bonds is 2. The van der Waals surface area contributed by atoms with Crippen molar-refractivity contribution < 1.29 is 9.13 Å². The van der Waals surface area contributed by atoms with Crippen LogP contribution in [0.15, 0.2) is 24.3 Å². The minimum absolute atomic E-state index is 0.225. The van der Waals surface area contributed by atoms with Crippen LogP contribution in [0.5, 0.6) is 0 Å². The number of ether oxygens (including phenoxy) is 1. The van der Waals surface area contributed by atoms with Gasteiger partial charge >= 0.3 is 0 Å². The summed E-state index contributed by atoms with van der Waals surface area (Å²) in [6.45, 7) is 2.38. The number of nitrogens with zero attached hydrogens (tertiary/aromatic N) is 2. The second-order valence-electron chi connectivity index (χ2n) is 3.82. The molecule has 1 fully saturated rings. The van der Waals surface area contributed by atoms with E-state index in [1.165, 1.54) is 12.1 Å². The normalized spacial score (nSPS) is 21.6. The van der Waals surface area contributed by atoms with E-state index in [1.807, 2.05) is 11.0 Å². The summed E-state index contributed by atoms with van der Waals surface area (Å²) in [6.07, 6.45) is 0. The summed E-state index contributed by atoms with van der Waals surface area (Å²) in [4.78, 5) is 2.01. The fourth-order valence-electron chi connectivity index (χ4n) is 1.82. The van der Waals surface area contributed by atoms with Crippen LogP contribution in [0, 0.1) is 17.1 Å². The Morgan fingerprint density at radius 3 is 3.19 bits per heavy atom. The highest BCUT2D eigenvalue weighted by atomic mass is 19.1. The van der Waals surface area contributed by atoms with E-state index in [9.17, 15) is 4.39 Å². The molecule has 4 heteroatoms. The second-order valence-corrected chi connectivity index (χ2v) is 3.82. The molecule has 0 N–H and O–H groups in total. The molecule has 16 heavy (non-hydrogen) atoms. The predicted molar refractivity (Wildman–Crippen MR) is 57.0 cm³/mol. The molecule has 1 aliphatic rings. The van der Waals surface area contributed by atoms with Crippen LogP contribution in [0.25, 0.3) is 0 Å². The fraction of sp³-hybridized carbons (Fsp3) is 0.417. The molecule has 3 nitrogen and oxygen atoms in total. The Hall–Kier alpha value is -1.44. The molecule has 1 aromatic rings. The Bertz CT molecular complexity index is 402. The number of nitriles is 1. The molecule has 0 spiro atoms. The Morgan fingerprint density at radius 1 is 1.56 bits per heavy atom. The smallest absolute Gasteiger partial charge is 0.123 e. The minimum atomic E-state index is -0.237. The third-order valence-corrected chi connectivity index (χ3v) is 2.66. The SMILES string of the molecule is N#CC1COCCN1Cc1cccc(F)c1. The summed E-state index contributed by atoms with van der Waals surface area (Å²) < 4.78 is 18.2. The van der Waals surface area contributed by atoms with Gasteiger partial charge in [-0.25, -0.2) is 4.39 Å². The monoisotopic (exact) mass is 220 g/mol. The molecule has 1 aromatic carbocycles. The Balaban J connectivity index is 2.05. The van der Waals surface area contributed by atoms with Crippen LogP contribution in [-0.2, 0) is 11.3 Å². The minimum Gasteiger partial charge on any atom is -0.377 e. The maximum Gasteiger partial charge on any atom is 0.123 e. The molecule has 1 atom stereocenters. The molecule has 1 unspecified atom stereocenters. The van der Waals surface area contributed by atoms with Gasteiger partial charge in [0.15, 0.2) is 0 Å². The molecule has 2 rings (SSSR count). The average Bonchev–Trinajstić information content (AvgIpc) is 2.30. The number of hydrogen-bond donors (Lipinski definition) is 0. The maximum atomic E-state index is 13.0. The van der Waals surface area contributed by atoms with Gasteiger partial charge in [0, 0.05) is 13.1 Å². The highest BCUT2D eigenvalue weighted by Gasteiger charge is 2.22. The van der Waals surface area contributed by atoms with E-state index in [-0.39, 0.29) is 11.9 Å². The highest BCUT2D eigenvalue weighted by Crippen LogP contribution is 2.12. The molecule has 0 aromatic heterocycles. The van der Waals surface area contributed by atoms with E-state index in [0.29, 0.717) is 19.8 Å². The zero-order valence-electron chi connectivity index (χ0n) is 8.90. The lowest BCUT2D eigenvalue weighted by Crippen LogP contribution is -2.43. The third kappa shape index (κ3) is 2.57. The lowest BCUT2D eigenvalue weighted by Gasteiger charge is -2.31. The van der Waals surface area contributed by atoms with Crippen molar-refractivity contribution in [1.29, 1.82) is 5.26 Å². The van der Waals surface area contributed by atoms with Gasteiger partial charge in [-0.05, 0) is 17.7 Å². The van der Waals surface area contributed by atoms with Crippen LogP contribution in [-0.4, -0.2) is 30.7 Å². The number of benzene rings is 1. The molecular formula is C12H13FN2O. The summed E-state index contributed by atoms with van der Waals surface area (Å²) in [5.41, 5.74) is 0.891. The van der Waals surface area contributed by atoms with E-state index in [0.717, 1.165) is 12.1 Å². The highest BCUT2D eigenvalue weighted by molar-refractivity contribution is 5.16. The van der Waals surface area contributed by atoms with Crippen molar-refractivity contribution in [3.05, 3.63) is 35.6 Å².